The van der Waals surface area contributed by atoms with Crippen molar-refractivity contribution in [2.75, 3.05) is 6.61 Å². The van der Waals surface area contributed by atoms with E-state index in [1.165, 1.54) is 13.1 Å². The molecule has 1 aromatic rings. The van der Waals surface area contributed by atoms with Crippen LogP contribution in [-0.4, -0.2) is 33.8 Å². The second-order valence-corrected chi connectivity index (χ2v) is 6.23. The molecule has 3 unspecified atom stereocenters. The molecule has 118 valence electrons. The number of hydrogen-bond acceptors (Lipinski definition) is 2. The average Bonchev–Trinajstić information content (AvgIpc) is 2.85. The zero-order chi connectivity index (χ0) is 16.1. The van der Waals surface area contributed by atoms with E-state index >= 15 is 0 Å². The van der Waals surface area contributed by atoms with E-state index in [0.29, 0.717) is 0 Å². The predicted molar refractivity (Wildman–Crippen MR) is 69.6 cm³/mol. The van der Waals surface area contributed by atoms with Gasteiger partial charge in [-0.05, 0) is 25.5 Å². The topological polar surface area (TPSA) is 48.9 Å². The molecule has 0 fully saturated rings. The predicted octanol–water partition coefficient (Wildman–Crippen LogP) is 3.46. The molecule has 0 aliphatic heterocycles. The molecular formula is C13H15ClF4N2O. The molecule has 1 aliphatic rings. The monoisotopic (exact) mass is 326 g/mol. The van der Waals surface area contributed by atoms with Gasteiger partial charge in [-0.15, -0.1) is 0 Å². The van der Waals surface area contributed by atoms with E-state index in [4.69, 9.17) is 11.6 Å². The van der Waals surface area contributed by atoms with Gasteiger partial charge in [-0.1, -0.05) is 18.5 Å². The van der Waals surface area contributed by atoms with Crippen molar-refractivity contribution in [2.24, 2.45) is 5.41 Å². The van der Waals surface area contributed by atoms with Gasteiger partial charge in [0.2, 0.25) is 0 Å². The smallest absolute Gasteiger partial charge is 0.395 e. The van der Waals surface area contributed by atoms with Crippen LogP contribution in [0.5, 0.6) is 0 Å². The van der Waals surface area contributed by atoms with Crippen LogP contribution in [0.2, 0.25) is 0 Å². The summed E-state index contributed by atoms with van der Waals surface area (Å²) < 4.78 is 56.4. The minimum absolute atomic E-state index is 0.120. The third-order valence-electron chi connectivity index (χ3n) is 4.24. The van der Waals surface area contributed by atoms with Gasteiger partial charge in [0, 0.05) is 16.6 Å². The van der Waals surface area contributed by atoms with Gasteiger partial charge < -0.3 is 5.11 Å². The largest absolute Gasteiger partial charge is 0.403 e. The van der Waals surface area contributed by atoms with Crippen LogP contribution in [0.25, 0.3) is 0 Å². The summed E-state index contributed by atoms with van der Waals surface area (Å²) in [5.74, 6) is 0. The number of alkyl halides is 4. The Bertz CT molecular complexity index is 555. The Morgan fingerprint density at radius 2 is 2.05 bits per heavy atom. The average molecular weight is 327 g/mol. The van der Waals surface area contributed by atoms with Crippen molar-refractivity contribution in [1.82, 2.24) is 10.2 Å². The van der Waals surface area contributed by atoms with E-state index in [9.17, 15) is 22.7 Å². The van der Waals surface area contributed by atoms with Crippen molar-refractivity contribution >= 4 is 11.6 Å². The number of aromatic nitrogens is 2. The van der Waals surface area contributed by atoms with Crippen molar-refractivity contribution in [3.05, 3.63) is 29.1 Å². The normalized spacial score (nSPS) is 37.4. The minimum atomic E-state index is -4.91. The molecule has 1 heterocycles. The molecule has 0 bridgehead atoms. The van der Waals surface area contributed by atoms with E-state index < -0.39 is 41.4 Å². The SMILES string of the molecule is CC1(CO)CC(c2cc[nH]n2)(C(F)(F)F)C(C)(F)C=C1Cl. The Morgan fingerprint density at radius 3 is 2.48 bits per heavy atom. The molecule has 2 N–H and O–H groups in total. The van der Waals surface area contributed by atoms with Gasteiger partial charge in [0.15, 0.2) is 0 Å². The quantitative estimate of drug-likeness (QED) is 0.818. The van der Waals surface area contributed by atoms with Gasteiger partial charge >= 0.3 is 6.18 Å². The molecule has 3 atom stereocenters. The molecule has 21 heavy (non-hydrogen) atoms. The summed E-state index contributed by atoms with van der Waals surface area (Å²) in [6.45, 7) is 1.57. The lowest BCUT2D eigenvalue weighted by molar-refractivity contribution is -0.233. The molecule has 0 aromatic carbocycles. The second kappa shape index (κ2) is 4.71. The van der Waals surface area contributed by atoms with Gasteiger partial charge in [0.05, 0.1) is 12.3 Å². The van der Waals surface area contributed by atoms with Crippen LogP contribution in [0.4, 0.5) is 17.6 Å². The fourth-order valence-electron chi connectivity index (χ4n) is 2.87. The van der Waals surface area contributed by atoms with E-state index in [1.54, 1.807) is 0 Å². The Hall–Kier alpha value is -1.08. The van der Waals surface area contributed by atoms with Gasteiger partial charge in [-0.2, -0.15) is 18.3 Å². The molecule has 0 amide bonds. The molecule has 1 aliphatic carbocycles. The summed E-state index contributed by atoms with van der Waals surface area (Å²) in [4.78, 5) is 0. The van der Waals surface area contributed by atoms with E-state index in [2.05, 4.69) is 10.2 Å². The zero-order valence-corrected chi connectivity index (χ0v) is 12.2. The number of H-pyrrole nitrogens is 1. The summed E-state index contributed by atoms with van der Waals surface area (Å²) in [5.41, 5.74) is -7.51. The molecule has 0 saturated heterocycles. The molecular weight excluding hydrogens is 312 g/mol. The molecule has 3 nitrogen and oxygen atoms in total. The highest BCUT2D eigenvalue weighted by Gasteiger charge is 2.71. The van der Waals surface area contributed by atoms with Gasteiger partial charge in [0.1, 0.15) is 11.1 Å². The summed E-state index contributed by atoms with van der Waals surface area (Å²) in [6, 6.07) is 1.09. The number of aromatic amines is 1. The first kappa shape index (κ1) is 16.3. The fraction of sp³-hybridized carbons (Fsp3) is 0.615. The maximum absolute atomic E-state index is 15.0. The lowest BCUT2D eigenvalue weighted by Gasteiger charge is -2.50. The Balaban J connectivity index is 2.76. The Kier molecular flexibility index (Phi) is 3.65. The van der Waals surface area contributed by atoms with Crippen LogP contribution in [0, 0.1) is 5.41 Å². The van der Waals surface area contributed by atoms with Gasteiger partial charge in [0.25, 0.3) is 0 Å². The number of halogens is 5. The van der Waals surface area contributed by atoms with Crippen molar-refractivity contribution in [3.63, 3.8) is 0 Å². The molecule has 1 aromatic heterocycles. The first-order valence-corrected chi connectivity index (χ1v) is 6.64. The number of hydrogen-bond donors (Lipinski definition) is 2. The number of aliphatic hydroxyl groups excluding tert-OH is 1. The van der Waals surface area contributed by atoms with Crippen LogP contribution >= 0.6 is 11.6 Å². The summed E-state index contributed by atoms with van der Waals surface area (Å²) >= 11 is 5.91. The van der Waals surface area contributed by atoms with E-state index in [1.807, 2.05) is 0 Å². The molecule has 2 rings (SSSR count). The van der Waals surface area contributed by atoms with Crippen LogP contribution in [-0.2, 0) is 5.41 Å². The van der Waals surface area contributed by atoms with E-state index in [0.717, 1.165) is 19.1 Å². The van der Waals surface area contributed by atoms with Gasteiger partial charge in [-0.3, -0.25) is 5.10 Å². The first-order valence-electron chi connectivity index (χ1n) is 6.26. The maximum atomic E-state index is 15.0. The van der Waals surface area contributed by atoms with Gasteiger partial charge in [-0.25, -0.2) is 4.39 Å². The molecule has 0 radical (unpaired) electrons. The van der Waals surface area contributed by atoms with Crippen LogP contribution in [0.3, 0.4) is 0 Å². The lowest BCUT2D eigenvalue weighted by Crippen LogP contribution is -2.61. The molecule has 8 heteroatoms. The summed E-state index contributed by atoms with van der Waals surface area (Å²) in [5, 5.41) is 15.2. The highest BCUT2D eigenvalue weighted by molar-refractivity contribution is 6.30. The number of allylic oxidation sites excluding steroid dienone is 1. The van der Waals surface area contributed by atoms with Crippen LogP contribution < -0.4 is 0 Å². The summed E-state index contributed by atoms with van der Waals surface area (Å²) in [7, 11) is 0. The molecule has 0 saturated carbocycles. The fourth-order valence-corrected chi connectivity index (χ4v) is 3.20. The molecule has 0 spiro atoms. The first-order chi connectivity index (χ1) is 9.50. The van der Waals surface area contributed by atoms with Crippen molar-refractivity contribution < 1.29 is 22.7 Å². The van der Waals surface area contributed by atoms with Crippen molar-refractivity contribution in [1.29, 1.82) is 0 Å². The van der Waals surface area contributed by atoms with Crippen LogP contribution in [0.1, 0.15) is 26.0 Å². The standard InChI is InChI=1S/C13H15ClF4N2O/c1-10(7-21)6-12(13(16,17)18,9-3-4-19-20-9)11(2,15)5-8(10)14/h3-5,21H,6-7H2,1-2H3,(H,19,20). The van der Waals surface area contributed by atoms with Crippen molar-refractivity contribution in [3.8, 4) is 0 Å². The highest BCUT2D eigenvalue weighted by Crippen LogP contribution is 2.60. The number of nitrogens with zero attached hydrogens (tertiary/aromatic N) is 1. The number of nitrogens with one attached hydrogen (secondary N) is 1. The minimum Gasteiger partial charge on any atom is -0.395 e. The third kappa shape index (κ3) is 2.17. The number of rotatable bonds is 2. The lowest BCUT2D eigenvalue weighted by atomic mass is 9.58. The third-order valence-corrected chi connectivity index (χ3v) is 4.80. The van der Waals surface area contributed by atoms with E-state index in [-0.39, 0.29) is 5.03 Å². The van der Waals surface area contributed by atoms with Crippen molar-refractivity contribution in [2.45, 2.75) is 37.5 Å². The summed E-state index contributed by atoms with van der Waals surface area (Å²) in [6.07, 6.45) is -3.70. The van der Waals surface area contributed by atoms with Crippen LogP contribution in [0.15, 0.2) is 23.4 Å². The Morgan fingerprint density at radius 1 is 1.43 bits per heavy atom. The second-order valence-electron chi connectivity index (χ2n) is 5.83. The zero-order valence-electron chi connectivity index (χ0n) is 11.4. The Labute approximate surface area is 124 Å². The maximum Gasteiger partial charge on any atom is 0.403 e. The highest BCUT2D eigenvalue weighted by atomic mass is 35.5. The number of aliphatic hydroxyl groups is 1.